The van der Waals surface area contributed by atoms with Gasteiger partial charge in [-0.05, 0) is 76.9 Å². The number of hydrogen-bond acceptors (Lipinski definition) is 2. The van der Waals surface area contributed by atoms with Gasteiger partial charge in [0.25, 0.3) is 0 Å². The number of nitrogens with zero attached hydrogens (tertiary/aromatic N) is 1. The van der Waals surface area contributed by atoms with Gasteiger partial charge in [-0.2, -0.15) is 0 Å². The van der Waals surface area contributed by atoms with Crippen molar-refractivity contribution in [1.82, 2.24) is 10.2 Å². The van der Waals surface area contributed by atoms with E-state index in [0.717, 1.165) is 23.9 Å². The van der Waals surface area contributed by atoms with Crippen LogP contribution in [0.5, 0.6) is 0 Å². The molecule has 0 radical (unpaired) electrons. The number of nitrogens with one attached hydrogen (secondary N) is 1. The van der Waals surface area contributed by atoms with Gasteiger partial charge in [0.1, 0.15) is 0 Å². The fourth-order valence-electron chi connectivity index (χ4n) is 4.22. The van der Waals surface area contributed by atoms with Crippen LogP contribution in [0.25, 0.3) is 0 Å². The lowest BCUT2D eigenvalue weighted by molar-refractivity contribution is 0.0534. The van der Waals surface area contributed by atoms with E-state index in [1.54, 1.807) is 0 Å². The number of hydrogen-bond donors (Lipinski definition) is 1. The standard InChI is InChI=1S/C17H34N2/c1-14(2)15-7-9-17(10-8-15)19-13-5-4-6-16(19)11-12-18-3/h14-18H,4-13H2,1-3H3. The van der Waals surface area contributed by atoms with E-state index in [1.807, 2.05) is 0 Å². The summed E-state index contributed by atoms with van der Waals surface area (Å²) in [5.74, 6) is 1.89. The third-order valence-corrected chi connectivity index (χ3v) is 5.55. The summed E-state index contributed by atoms with van der Waals surface area (Å²) >= 11 is 0. The second-order valence-corrected chi connectivity index (χ2v) is 7.09. The van der Waals surface area contributed by atoms with Crippen LogP contribution < -0.4 is 5.32 Å². The van der Waals surface area contributed by atoms with Crippen LogP contribution in [-0.4, -0.2) is 37.1 Å². The Balaban J connectivity index is 1.85. The largest absolute Gasteiger partial charge is 0.320 e. The van der Waals surface area contributed by atoms with Gasteiger partial charge >= 0.3 is 0 Å². The Bertz CT molecular complexity index is 244. The molecule has 19 heavy (non-hydrogen) atoms. The van der Waals surface area contributed by atoms with Crippen molar-refractivity contribution in [2.24, 2.45) is 11.8 Å². The van der Waals surface area contributed by atoms with Crippen LogP contribution in [0, 0.1) is 11.8 Å². The van der Waals surface area contributed by atoms with Crippen LogP contribution in [0.3, 0.4) is 0 Å². The minimum absolute atomic E-state index is 0.863. The highest BCUT2D eigenvalue weighted by Gasteiger charge is 2.32. The molecule has 0 aromatic heterocycles. The van der Waals surface area contributed by atoms with E-state index in [1.165, 1.54) is 64.5 Å². The molecular weight excluding hydrogens is 232 g/mol. The molecule has 1 N–H and O–H groups in total. The maximum absolute atomic E-state index is 3.33. The van der Waals surface area contributed by atoms with Crippen LogP contribution in [0.1, 0.15) is 65.2 Å². The molecule has 0 aromatic rings. The molecule has 2 nitrogen and oxygen atoms in total. The molecule has 2 rings (SSSR count). The summed E-state index contributed by atoms with van der Waals surface area (Å²) in [7, 11) is 2.08. The SMILES string of the molecule is CNCCC1CCCCN1C1CCC(C(C)C)CC1. The zero-order valence-corrected chi connectivity index (χ0v) is 13.3. The topological polar surface area (TPSA) is 15.3 Å². The fourth-order valence-corrected chi connectivity index (χ4v) is 4.22. The lowest BCUT2D eigenvalue weighted by Gasteiger charge is -2.44. The molecule has 2 fully saturated rings. The summed E-state index contributed by atoms with van der Waals surface area (Å²) in [6.45, 7) is 7.36. The molecule has 0 bridgehead atoms. The smallest absolute Gasteiger partial charge is 0.0110 e. The molecule has 2 aliphatic rings. The molecule has 1 aliphatic carbocycles. The van der Waals surface area contributed by atoms with Crippen molar-refractivity contribution in [3.63, 3.8) is 0 Å². The molecular formula is C17H34N2. The predicted molar refractivity (Wildman–Crippen MR) is 83.5 cm³/mol. The van der Waals surface area contributed by atoms with E-state index in [-0.39, 0.29) is 0 Å². The van der Waals surface area contributed by atoms with Gasteiger partial charge in [0, 0.05) is 12.1 Å². The second-order valence-electron chi connectivity index (χ2n) is 7.09. The molecule has 112 valence electrons. The van der Waals surface area contributed by atoms with E-state index in [2.05, 4.69) is 31.1 Å². The van der Waals surface area contributed by atoms with Crippen molar-refractivity contribution < 1.29 is 0 Å². The van der Waals surface area contributed by atoms with Crippen molar-refractivity contribution in [2.75, 3.05) is 20.1 Å². The molecule has 1 atom stereocenters. The van der Waals surface area contributed by atoms with Crippen LogP contribution >= 0.6 is 0 Å². The molecule has 2 heteroatoms. The average Bonchev–Trinajstić information content (AvgIpc) is 2.45. The van der Waals surface area contributed by atoms with Gasteiger partial charge in [0.05, 0.1) is 0 Å². The highest BCUT2D eigenvalue weighted by atomic mass is 15.2. The van der Waals surface area contributed by atoms with Crippen molar-refractivity contribution in [2.45, 2.75) is 77.3 Å². The summed E-state index contributed by atoms with van der Waals surface area (Å²) in [5, 5.41) is 3.33. The molecule has 0 spiro atoms. The predicted octanol–water partition coefficient (Wildman–Crippen LogP) is 3.67. The van der Waals surface area contributed by atoms with Crippen molar-refractivity contribution in [3.05, 3.63) is 0 Å². The van der Waals surface area contributed by atoms with Gasteiger partial charge in [0.2, 0.25) is 0 Å². The van der Waals surface area contributed by atoms with Gasteiger partial charge in [0.15, 0.2) is 0 Å². The zero-order chi connectivity index (χ0) is 13.7. The summed E-state index contributed by atoms with van der Waals surface area (Å²) in [5.41, 5.74) is 0. The first-order valence-corrected chi connectivity index (χ1v) is 8.62. The fraction of sp³-hybridized carbons (Fsp3) is 1.00. The Morgan fingerprint density at radius 2 is 1.79 bits per heavy atom. The van der Waals surface area contributed by atoms with Gasteiger partial charge in [-0.15, -0.1) is 0 Å². The molecule has 1 heterocycles. The molecule has 1 saturated heterocycles. The van der Waals surface area contributed by atoms with Gasteiger partial charge in [-0.3, -0.25) is 4.90 Å². The minimum atomic E-state index is 0.863. The first kappa shape index (κ1) is 15.3. The Labute approximate surface area is 120 Å². The van der Waals surface area contributed by atoms with Gasteiger partial charge in [-0.25, -0.2) is 0 Å². The minimum Gasteiger partial charge on any atom is -0.320 e. The summed E-state index contributed by atoms with van der Waals surface area (Å²) in [6.07, 6.45) is 11.5. The average molecular weight is 266 g/mol. The Morgan fingerprint density at radius 1 is 1.05 bits per heavy atom. The van der Waals surface area contributed by atoms with Gasteiger partial charge in [-0.1, -0.05) is 20.3 Å². The van der Waals surface area contributed by atoms with Crippen LogP contribution in [0.2, 0.25) is 0 Å². The van der Waals surface area contributed by atoms with Crippen molar-refractivity contribution in [3.8, 4) is 0 Å². The summed E-state index contributed by atoms with van der Waals surface area (Å²) in [6, 6.07) is 1.76. The quantitative estimate of drug-likeness (QED) is 0.817. The molecule has 1 unspecified atom stereocenters. The van der Waals surface area contributed by atoms with Crippen molar-refractivity contribution >= 4 is 0 Å². The number of likely N-dealkylation sites (tertiary alicyclic amines) is 1. The highest BCUT2D eigenvalue weighted by molar-refractivity contribution is 4.87. The Kier molecular flexibility index (Phi) is 6.15. The second kappa shape index (κ2) is 7.64. The number of piperidine rings is 1. The number of rotatable bonds is 5. The van der Waals surface area contributed by atoms with E-state index >= 15 is 0 Å². The van der Waals surface area contributed by atoms with Crippen LogP contribution in [0.15, 0.2) is 0 Å². The van der Waals surface area contributed by atoms with Crippen LogP contribution in [0.4, 0.5) is 0 Å². The molecule has 1 aliphatic heterocycles. The lowest BCUT2D eigenvalue weighted by atomic mass is 9.78. The third kappa shape index (κ3) is 4.19. The molecule has 1 saturated carbocycles. The maximum atomic E-state index is 3.33. The molecule has 0 amide bonds. The zero-order valence-electron chi connectivity index (χ0n) is 13.3. The molecule has 0 aromatic carbocycles. The van der Waals surface area contributed by atoms with Gasteiger partial charge < -0.3 is 5.32 Å². The van der Waals surface area contributed by atoms with E-state index < -0.39 is 0 Å². The van der Waals surface area contributed by atoms with E-state index in [0.29, 0.717) is 0 Å². The lowest BCUT2D eigenvalue weighted by Crippen LogP contribution is -2.48. The van der Waals surface area contributed by atoms with Crippen LogP contribution in [-0.2, 0) is 0 Å². The first-order valence-electron chi connectivity index (χ1n) is 8.62. The first-order chi connectivity index (χ1) is 9.22. The van der Waals surface area contributed by atoms with Crippen molar-refractivity contribution in [1.29, 1.82) is 0 Å². The van der Waals surface area contributed by atoms with E-state index in [4.69, 9.17) is 0 Å². The summed E-state index contributed by atoms with van der Waals surface area (Å²) in [4.78, 5) is 2.89. The third-order valence-electron chi connectivity index (χ3n) is 5.55. The summed E-state index contributed by atoms with van der Waals surface area (Å²) < 4.78 is 0. The van der Waals surface area contributed by atoms with E-state index in [9.17, 15) is 0 Å². The Morgan fingerprint density at radius 3 is 2.42 bits per heavy atom. The highest BCUT2D eigenvalue weighted by Crippen LogP contribution is 2.35. The monoisotopic (exact) mass is 266 g/mol. The maximum Gasteiger partial charge on any atom is 0.0110 e. The normalized spacial score (nSPS) is 33.8. The Hall–Kier alpha value is -0.0800.